The predicted molar refractivity (Wildman–Crippen MR) is 111 cm³/mol. The van der Waals surface area contributed by atoms with Crippen LogP contribution in [0.25, 0.3) is 16.5 Å². The topological polar surface area (TPSA) is 51.5 Å². The molecule has 0 radical (unpaired) electrons. The first-order valence-corrected chi connectivity index (χ1v) is 9.18. The minimum Gasteiger partial charge on any atom is -0.493 e. The fourth-order valence-electron chi connectivity index (χ4n) is 2.97. The number of aryl methyl sites for hydroxylation is 2. The zero-order chi connectivity index (χ0) is 19.6. The van der Waals surface area contributed by atoms with E-state index in [2.05, 4.69) is 5.32 Å². The van der Waals surface area contributed by atoms with Crippen LogP contribution in [0.1, 0.15) is 30.7 Å². The minimum atomic E-state index is -0.225. The van der Waals surface area contributed by atoms with E-state index in [-0.39, 0.29) is 5.91 Å². The van der Waals surface area contributed by atoms with Gasteiger partial charge in [-0.2, -0.15) is 0 Å². The van der Waals surface area contributed by atoms with E-state index in [1.54, 1.807) is 30.3 Å². The molecule has 4 nitrogen and oxygen atoms in total. The van der Waals surface area contributed by atoms with Gasteiger partial charge in [0.25, 0.3) is 0 Å². The summed E-state index contributed by atoms with van der Waals surface area (Å²) in [6.45, 7) is 8.31. The summed E-state index contributed by atoms with van der Waals surface area (Å²) in [4.78, 5) is 12.4. The fraction of sp³-hybridized carbons (Fsp3) is 0.227. The SMILES string of the molecule is CCOc1cc2oc(C)c(C)c2cc1/C(C)=C/C(=O)Nc1cccc(Cl)c1. The van der Waals surface area contributed by atoms with Gasteiger partial charge in [0.05, 0.1) is 6.61 Å². The molecule has 0 saturated heterocycles. The Bertz CT molecular complexity index is 1030. The molecule has 1 aromatic heterocycles. The highest BCUT2D eigenvalue weighted by molar-refractivity contribution is 6.30. The highest BCUT2D eigenvalue weighted by Gasteiger charge is 2.14. The van der Waals surface area contributed by atoms with E-state index >= 15 is 0 Å². The third-order valence-electron chi connectivity index (χ3n) is 4.44. The van der Waals surface area contributed by atoms with E-state index in [4.69, 9.17) is 20.8 Å². The van der Waals surface area contributed by atoms with Crippen LogP contribution in [0.4, 0.5) is 5.69 Å². The van der Waals surface area contributed by atoms with E-state index < -0.39 is 0 Å². The molecule has 0 spiro atoms. The quantitative estimate of drug-likeness (QED) is 0.538. The number of allylic oxidation sites excluding steroid dienone is 1. The lowest BCUT2D eigenvalue weighted by Crippen LogP contribution is -2.08. The van der Waals surface area contributed by atoms with Gasteiger partial charge in [-0.15, -0.1) is 0 Å². The van der Waals surface area contributed by atoms with Crippen LogP contribution >= 0.6 is 11.6 Å². The Morgan fingerprint density at radius 3 is 2.74 bits per heavy atom. The molecule has 5 heteroatoms. The van der Waals surface area contributed by atoms with Crippen LogP contribution in [0.15, 0.2) is 46.9 Å². The predicted octanol–water partition coefficient (Wildman–Crippen LogP) is 6.14. The molecule has 0 aliphatic carbocycles. The van der Waals surface area contributed by atoms with Crippen LogP contribution < -0.4 is 10.1 Å². The average Bonchev–Trinajstić information content (AvgIpc) is 2.88. The standard InChI is InChI=1S/C22H22ClNO3/c1-5-26-20-12-21-19(14(3)15(4)27-21)11-18(20)13(2)9-22(25)24-17-8-6-7-16(23)10-17/h6-12H,5H2,1-4H3,(H,24,25)/b13-9+. The smallest absolute Gasteiger partial charge is 0.248 e. The van der Waals surface area contributed by atoms with Crippen molar-refractivity contribution in [3.8, 4) is 5.75 Å². The maximum absolute atomic E-state index is 12.4. The van der Waals surface area contributed by atoms with Crippen LogP contribution in [0.3, 0.4) is 0 Å². The molecule has 1 heterocycles. The van der Waals surface area contributed by atoms with Gasteiger partial charge >= 0.3 is 0 Å². The summed E-state index contributed by atoms with van der Waals surface area (Å²) >= 11 is 5.97. The number of rotatable bonds is 5. The molecule has 3 rings (SSSR count). The maximum atomic E-state index is 12.4. The largest absolute Gasteiger partial charge is 0.493 e. The zero-order valence-corrected chi connectivity index (χ0v) is 16.6. The van der Waals surface area contributed by atoms with Crippen molar-refractivity contribution in [1.82, 2.24) is 0 Å². The van der Waals surface area contributed by atoms with Crippen LogP contribution in [-0.4, -0.2) is 12.5 Å². The summed E-state index contributed by atoms with van der Waals surface area (Å²) in [6, 6.07) is 11.0. The zero-order valence-electron chi connectivity index (χ0n) is 15.9. The summed E-state index contributed by atoms with van der Waals surface area (Å²) < 4.78 is 11.6. The van der Waals surface area contributed by atoms with Crippen LogP contribution in [0.2, 0.25) is 5.02 Å². The molecule has 1 amide bonds. The van der Waals surface area contributed by atoms with Crippen molar-refractivity contribution in [2.45, 2.75) is 27.7 Å². The van der Waals surface area contributed by atoms with Crippen molar-refractivity contribution in [2.24, 2.45) is 0 Å². The molecule has 2 aromatic carbocycles. The van der Waals surface area contributed by atoms with Crippen LogP contribution in [0.5, 0.6) is 5.75 Å². The Balaban J connectivity index is 1.96. The van der Waals surface area contributed by atoms with Crippen LogP contribution in [0, 0.1) is 13.8 Å². The number of amides is 1. The van der Waals surface area contributed by atoms with Gasteiger partial charge in [-0.05, 0) is 63.1 Å². The molecule has 0 fully saturated rings. The number of ether oxygens (including phenoxy) is 1. The molecule has 3 aromatic rings. The first-order valence-electron chi connectivity index (χ1n) is 8.80. The number of fused-ring (bicyclic) bond motifs is 1. The van der Waals surface area contributed by atoms with Crippen LogP contribution in [-0.2, 0) is 4.79 Å². The maximum Gasteiger partial charge on any atom is 0.248 e. The molecule has 0 atom stereocenters. The number of halogens is 1. The van der Waals surface area contributed by atoms with E-state index in [0.29, 0.717) is 23.1 Å². The van der Waals surface area contributed by atoms with Gasteiger partial charge in [-0.3, -0.25) is 4.79 Å². The first-order chi connectivity index (χ1) is 12.9. The molecular formula is C22H22ClNO3. The van der Waals surface area contributed by atoms with Crippen molar-refractivity contribution in [3.63, 3.8) is 0 Å². The van der Waals surface area contributed by atoms with E-state index in [1.807, 2.05) is 39.8 Å². The fourth-order valence-corrected chi connectivity index (χ4v) is 3.16. The summed E-state index contributed by atoms with van der Waals surface area (Å²) in [5, 5.41) is 4.42. The second-order valence-electron chi connectivity index (χ2n) is 6.39. The van der Waals surface area contributed by atoms with Gasteiger partial charge in [-0.1, -0.05) is 17.7 Å². The van der Waals surface area contributed by atoms with Gasteiger partial charge < -0.3 is 14.5 Å². The van der Waals surface area contributed by atoms with E-state index in [0.717, 1.165) is 33.4 Å². The number of carbonyl (C=O) groups excluding carboxylic acids is 1. The van der Waals surface area contributed by atoms with Crippen molar-refractivity contribution in [1.29, 1.82) is 0 Å². The van der Waals surface area contributed by atoms with Crippen molar-refractivity contribution < 1.29 is 13.9 Å². The second kappa shape index (κ2) is 7.89. The molecule has 0 saturated carbocycles. The van der Waals surface area contributed by atoms with Crippen molar-refractivity contribution in [3.05, 3.63) is 64.4 Å². The third kappa shape index (κ3) is 4.17. The average molecular weight is 384 g/mol. The molecule has 27 heavy (non-hydrogen) atoms. The van der Waals surface area contributed by atoms with E-state index in [1.165, 1.54) is 0 Å². The number of hydrogen-bond acceptors (Lipinski definition) is 3. The summed E-state index contributed by atoms with van der Waals surface area (Å²) in [5.74, 6) is 1.35. The Kier molecular flexibility index (Phi) is 5.57. The lowest BCUT2D eigenvalue weighted by molar-refractivity contribution is -0.111. The highest BCUT2D eigenvalue weighted by atomic mass is 35.5. The number of hydrogen-bond donors (Lipinski definition) is 1. The van der Waals surface area contributed by atoms with Gasteiger partial charge in [-0.25, -0.2) is 0 Å². The summed E-state index contributed by atoms with van der Waals surface area (Å²) in [6.07, 6.45) is 1.56. The third-order valence-corrected chi connectivity index (χ3v) is 4.68. The second-order valence-corrected chi connectivity index (χ2v) is 6.82. The number of benzene rings is 2. The normalized spacial score (nSPS) is 11.7. The summed E-state index contributed by atoms with van der Waals surface area (Å²) in [5.41, 5.74) is 4.20. The first kappa shape index (κ1) is 19.1. The molecule has 0 aliphatic heterocycles. The molecule has 0 unspecified atom stereocenters. The molecule has 1 N–H and O–H groups in total. The monoisotopic (exact) mass is 383 g/mol. The Morgan fingerprint density at radius 1 is 1.26 bits per heavy atom. The number of carbonyl (C=O) groups is 1. The number of anilines is 1. The highest BCUT2D eigenvalue weighted by Crippen LogP contribution is 2.35. The van der Waals surface area contributed by atoms with Gasteiger partial charge in [0, 0.05) is 33.8 Å². The Hall–Kier alpha value is -2.72. The lowest BCUT2D eigenvalue weighted by atomic mass is 10.0. The number of furan rings is 1. The van der Waals surface area contributed by atoms with Crippen molar-refractivity contribution >= 4 is 39.7 Å². The van der Waals surface area contributed by atoms with E-state index in [9.17, 15) is 4.79 Å². The van der Waals surface area contributed by atoms with Gasteiger partial charge in [0.2, 0.25) is 5.91 Å². The molecule has 0 bridgehead atoms. The molecule has 140 valence electrons. The van der Waals surface area contributed by atoms with Gasteiger partial charge in [0.15, 0.2) is 0 Å². The lowest BCUT2D eigenvalue weighted by Gasteiger charge is -2.11. The number of nitrogens with one attached hydrogen (secondary N) is 1. The Labute approximate surface area is 163 Å². The Morgan fingerprint density at radius 2 is 2.04 bits per heavy atom. The minimum absolute atomic E-state index is 0.225. The molecule has 0 aliphatic rings. The summed E-state index contributed by atoms with van der Waals surface area (Å²) in [7, 11) is 0. The molecular weight excluding hydrogens is 362 g/mol. The van der Waals surface area contributed by atoms with Gasteiger partial charge in [0.1, 0.15) is 17.1 Å². The van der Waals surface area contributed by atoms with Crippen molar-refractivity contribution in [2.75, 3.05) is 11.9 Å².